The maximum Gasteiger partial charge on any atom is 0.319 e. The molecule has 2 saturated heterocycles. The van der Waals surface area contributed by atoms with E-state index in [9.17, 15) is 9.59 Å². The molecule has 2 aliphatic rings. The normalized spacial score (nSPS) is 21.7. The van der Waals surface area contributed by atoms with Gasteiger partial charge < -0.3 is 14.7 Å². The summed E-state index contributed by atoms with van der Waals surface area (Å²) in [5.41, 5.74) is 1.19. The predicted octanol–water partition coefficient (Wildman–Crippen LogP) is 1.82. The molecule has 0 unspecified atom stereocenters. The Labute approximate surface area is 155 Å². The van der Waals surface area contributed by atoms with Crippen molar-refractivity contribution in [3.63, 3.8) is 0 Å². The van der Waals surface area contributed by atoms with Crippen LogP contribution in [0.2, 0.25) is 0 Å². The van der Waals surface area contributed by atoms with Crippen LogP contribution in [-0.2, 0) is 11.3 Å². The fraction of sp³-hybridized carbons (Fsp3) is 0.737. The summed E-state index contributed by atoms with van der Waals surface area (Å²) in [4.78, 5) is 30.5. The van der Waals surface area contributed by atoms with Gasteiger partial charge in [0.2, 0.25) is 5.91 Å². The second-order valence-electron chi connectivity index (χ2n) is 7.97. The molecule has 26 heavy (non-hydrogen) atoms. The molecule has 1 atom stereocenters. The van der Waals surface area contributed by atoms with Gasteiger partial charge >= 0.3 is 6.03 Å². The molecule has 0 aromatic carbocycles. The summed E-state index contributed by atoms with van der Waals surface area (Å²) in [6.45, 7) is 5.95. The molecule has 1 aromatic rings. The summed E-state index contributed by atoms with van der Waals surface area (Å²) in [6, 6.07) is 0.00993. The minimum absolute atomic E-state index is 0.00993. The van der Waals surface area contributed by atoms with E-state index in [0.29, 0.717) is 12.5 Å². The lowest BCUT2D eigenvalue weighted by molar-refractivity contribution is -0.138. The van der Waals surface area contributed by atoms with Crippen LogP contribution in [0.25, 0.3) is 0 Å². The largest absolute Gasteiger partial charge is 0.342 e. The minimum Gasteiger partial charge on any atom is -0.342 e. The Morgan fingerprint density at radius 1 is 1.15 bits per heavy atom. The quantitative estimate of drug-likeness (QED) is 0.825. The molecule has 144 valence electrons. The van der Waals surface area contributed by atoms with Crippen LogP contribution in [-0.4, -0.2) is 76.7 Å². The highest BCUT2D eigenvalue weighted by atomic mass is 16.2. The van der Waals surface area contributed by atoms with Crippen molar-refractivity contribution in [2.24, 2.45) is 11.8 Å². The first kappa shape index (κ1) is 18.7. The maximum atomic E-state index is 12.9. The molecule has 0 radical (unpaired) electrons. The molecule has 0 aliphatic carbocycles. The summed E-state index contributed by atoms with van der Waals surface area (Å²) in [5, 5.41) is 4.37. The van der Waals surface area contributed by atoms with Gasteiger partial charge in [0.1, 0.15) is 0 Å². The highest BCUT2D eigenvalue weighted by molar-refractivity contribution is 5.81. The Morgan fingerprint density at radius 3 is 2.50 bits per heavy atom. The fourth-order valence-electron chi connectivity index (χ4n) is 4.06. The number of hydrogen-bond donors (Lipinski definition) is 0. The first-order chi connectivity index (χ1) is 12.4. The Morgan fingerprint density at radius 2 is 1.88 bits per heavy atom. The van der Waals surface area contributed by atoms with Gasteiger partial charge in [-0.05, 0) is 44.1 Å². The molecule has 7 heteroatoms. The lowest BCUT2D eigenvalue weighted by Gasteiger charge is -2.38. The summed E-state index contributed by atoms with van der Waals surface area (Å²) >= 11 is 0. The third-order valence-corrected chi connectivity index (χ3v) is 5.56. The van der Waals surface area contributed by atoms with Crippen molar-refractivity contribution >= 4 is 11.9 Å². The van der Waals surface area contributed by atoms with Gasteiger partial charge in [-0.3, -0.25) is 9.48 Å². The Balaban J connectivity index is 1.49. The highest BCUT2D eigenvalue weighted by Gasteiger charge is 2.33. The van der Waals surface area contributed by atoms with Gasteiger partial charge in [-0.2, -0.15) is 5.10 Å². The number of aryl methyl sites for hydroxylation is 1. The molecule has 3 rings (SSSR count). The van der Waals surface area contributed by atoms with Crippen LogP contribution in [0.4, 0.5) is 4.79 Å². The number of urea groups is 1. The zero-order valence-electron chi connectivity index (χ0n) is 16.2. The average Bonchev–Trinajstić information content (AvgIpc) is 3.06. The van der Waals surface area contributed by atoms with E-state index in [0.717, 1.165) is 51.9 Å². The van der Waals surface area contributed by atoms with Gasteiger partial charge in [-0.25, -0.2) is 4.79 Å². The molecule has 3 heterocycles. The smallest absolute Gasteiger partial charge is 0.319 e. The minimum atomic E-state index is -0.0436. The number of piperidine rings is 2. The van der Waals surface area contributed by atoms with Crippen molar-refractivity contribution < 1.29 is 9.59 Å². The second-order valence-corrected chi connectivity index (χ2v) is 7.97. The van der Waals surface area contributed by atoms with E-state index in [1.54, 1.807) is 19.0 Å². The molecule has 0 saturated carbocycles. The van der Waals surface area contributed by atoms with E-state index in [-0.39, 0.29) is 17.9 Å². The monoisotopic (exact) mass is 361 g/mol. The van der Waals surface area contributed by atoms with E-state index in [2.05, 4.69) is 18.2 Å². The first-order valence-electron chi connectivity index (χ1n) is 9.68. The number of hydrogen-bond acceptors (Lipinski definition) is 3. The summed E-state index contributed by atoms with van der Waals surface area (Å²) < 4.78 is 2.02. The van der Waals surface area contributed by atoms with Gasteiger partial charge in [-0.15, -0.1) is 0 Å². The van der Waals surface area contributed by atoms with Gasteiger partial charge in [0, 0.05) is 53.0 Å². The second kappa shape index (κ2) is 8.10. The van der Waals surface area contributed by atoms with Crippen LogP contribution in [0.5, 0.6) is 0 Å². The number of amides is 3. The maximum absolute atomic E-state index is 12.9. The Kier molecular flexibility index (Phi) is 5.84. The standard InChI is InChI=1S/C19H31N5O2/c1-15-11-20-24(12-15)13-16-6-9-22(10-7-16)18(25)17-5-4-8-23(14-17)19(26)21(2)3/h11-12,16-17H,4-10,13-14H2,1-3H3/t17-/m0/s1. The zero-order chi connectivity index (χ0) is 18.7. The highest BCUT2D eigenvalue weighted by Crippen LogP contribution is 2.24. The van der Waals surface area contributed by atoms with Crippen LogP contribution in [0.1, 0.15) is 31.2 Å². The SMILES string of the molecule is Cc1cnn(CC2CCN(C(=O)[C@H]3CCCN(C(=O)N(C)C)C3)CC2)c1. The summed E-state index contributed by atoms with van der Waals surface area (Å²) in [6.07, 6.45) is 7.82. The van der Waals surface area contributed by atoms with Gasteiger partial charge in [0.15, 0.2) is 0 Å². The van der Waals surface area contributed by atoms with Crippen LogP contribution in [0.3, 0.4) is 0 Å². The average molecular weight is 361 g/mol. The van der Waals surface area contributed by atoms with Crippen LogP contribution in [0.15, 0.2) is 12.4 Å². The van der Waals surface area contributed by atoms with Crippen molar-refractivity contribution in [3.8, 4) is 0 Å². The molecule has 7 nitrogen and oxygen atoms in total. The van der Waals surface area contributed by atoms with Crippen LogP contribution >= 0.6 is 0 Å². The van der Waals surface area contributed by atoms with E-state index in [4.69, 9.17) is 0 Å². The molecule has 3 amide bonds. The number of aromatic nitrogens is 2. The summed E-state index contributed by atoms with van der Waals surface area (Å²) in [7, 11) is 3.53. The first-order valence-corrected chi connectivity index (χ1v) is 9.68. The van der Waals surface area contributed by atoms with Gasteiger partial charge in [0.25, 0.3) is 0 Å². The van der Waals surface area contributed by atoms with Crippen molar-refractivity contribution in [3.05, 3.63) is 18.0 Å². The molecule has 2 aliphatic heterocycles. The third kappa shape index (κ3) is 4.37. The van der Waals surface area contributed by atoms with Crippen molar-refractivity contribution in [2.45, 2.75) is 39.2 Å². The predicted molar refractivity (Wildman–Crippen MR) is 99.6 cm³/mol. The molecular weight excluding hydrogens is 330 g/mol. The topological polar surface area (TPSA) is 61.7 Å². The molecule has 1 aromatic heterocycles. The number of likely N-dealkylation sites (tertiary alicyclic amines) is 2. The molecular formula is C19H31N5O2. The van der Waals surface area contributed by atoms with E-state index in [1.165, 1.54) is 5.56 Å². The Hall–Kier alpha value is -2.05. The molecule has 2 fully saturated rings. The van der Waals surface area contributed by atoms with Gasteiger partial charge in [-0.1, -0.05) is 0 Å². The van der Waals surface area contributed by atoms with Gasteiger partial charge in [0.05, 0.1) is 12.1 Å². The molecule has 0 bridgehead atoms. The lowest BCUT2D eigenvalue weighted by atomic mass is 9.93. The number of carbonyl (C=O) groups is 2. The lowest BCUT2D eigenvalue weighted by Crippen LogP contribution is -2.50. The third-order valence-electron chi connectivity index (χ3n) is 5.56. The molecule has 0 spiro atoms. The van der Waals surface area contributed by atoms with E-state index < -0.39 is 0 Å². The van der Waals surface area contributed by atoms with Crippen LogP contribution < -0.4 is 0 Å². The van der Waals surface area contributed by atoms with E-state index >= 15 is 0 Å². The molecule has 0 N–H and O–H groups in total. The van der Waals surface area contributed by atoms with Crippen molar-refractivity contribution in [1.82, 2.24) is 24.5 Å². The number of nitrogens with zero attached hydrogens (tertiary/aromatic N) is 5. The van der Waals surface area contributed by atoms with E-state index in [1.807, 2.05) is 20.7 Å². The Bertz CT molecular complexity index is 634. The number of carbonyl (C=O) groups excluding carboxylic acids is 2. The summed E-state index contributed by atoms with van der Waals surface area (Å²) in [5.74, 6) is 0.768. The van der Waals surface area contributed by atoms with Crippen molar-refractivity contribution in [2.75, 3.05) is 40.3 Å². The van der Waals surface area contributed by atoms with Crippen LogP contribution in [0, 0.1) is 18.8 Å². The fourth-order valence-corrected chi connectivity index (χ4v) is 4.06. The van der Waals surface area contributed by atoms with Crippen molar-refractivity contribution in [1.29, 1.82) is 0 Å². The zero-order valence-corrected chi connectivity index (χ0v) is 16.2. The number of rotatable bonds is 3.